The van der Waals surface area contributed by atoms with Gasteiger partial charge in [0.15, 0.2) is 9.84 Å². The number of sulfone groups is 1. The Labute approximate surface area is 133 Å². The standard InChI is InChI=1S/C16H12N2O2S2/c17-11-13-4-3-6-15(10-13)22(19,20)9-8-21-16-7-2-1-5-14(16)12-18/h1-7,10H,8-9H2. The van der Waals surface area contributed by atoms with Gasteiger partial charge in [0.1, 0.15) is 6.07 Å². The van der Waals surface area contributed by atoms with Gasteiger partial charge in [-0.3, -0.25) is 0 Å². The second-order valence-corrected chi connectivity index (χ2v) is 7.66. The smallest absolute Gasteiger partial charge is 0.179 e. The monoisotopic (exact) mass is 328 g/mol. The van der Waals surface area contributed by atoms with E-state index >= 15 is 0 Å². The summed E-state index contributed by atoms with van der Waals surface area (Å²) in [6, 6.07) is 17.1. The third-order valence-corrected chi connectivity index (χ3v) is 5.99. The first-order valence-corrected chi connectivity index (χ1v) is 9.05. The van der Waals surface area contributed by atoms with E-state index in [1.807, 2.05) is 12.1 Å². The SMILES string of the molecule is N#Cc1cccc(S(=O)(=O)CCSc2ccccc2C#N)c1. The summed E-state index contributed by atoms with van der Waals surface area (Å²) in [6.45, 7) is 0. The molecule has 0 atom stereocenters. The lowest BCUT2D eigenvalue weighted by atomic mass is 10.2. The van der Waals surface area contributed by atoms with Crippen molar-refractivity contribution in [2.24, 2.45) is 0 Å². The lowest BCUT2D eigenvalue weighted by Gasteiger charge is -2.06. The summed E-state index contributed by atoms with van der Waals surface area (Å²) < 4.78 is 24.5. The van der Waals surface area contributed by atoms with Crippen LogP contribution in [0.3, 0.4) is 0 Å². The number of nitrogens with zero attached hydrogens (tertiary/aromatic N) is 2. The highest BCUT2D eigenvalue weighted by molar-refractivity contribution is 8.00. The Kier molecular flexibility index (Phi) is 5.21. The van der Waals surface area contributed by atoms with Gasteiger partial charge in [-0.05, 0) is 30.3 Å². The maximum absolute atomic E-state index is 12.3. The van der Waals surface area contributed by atoms with Crippen LogP contribution in [0.5, 0.6) is 0 Å². The fourth-order valence-electron chi connectivity index (χ4n) is 1.82. The maximum Gasteiger partial charge on any atom is 0.179 e. The Hall–Kier alpha value is -2.28. The van der Waals surface area contributed by atoms with Gasteiger partial charge in [0.05, 0.1) is 27.8 Å². The molecule has 0 saturated heterocycles. The maximum atomic E-state index is 12.3. The van der Waals surface area contributed by atoms with Crippen LogP contribution in [0.4, 0.5) is 0 Å². The zero-order valence-electron chi connectivity index (χ0n) is 11.6. The van der Waals surface area contributed by atoms with Crippen molar-refractivity contribution >= 4 is 21.6 Å². The Bertz CT molecular complexity index is 862. The van der Waals surface area contributed by atoms with E-state index in [4.69, 9.17) is 10.5 Å². The van der Waals surface area contributed by atoms with Crippen LogP contribution in [0, 0.1) is 22.7 Å². The van der Waals surface area contributed by atoms with Crippen LogP contribution in [0.15, 0.2) is 58.3 Å². The molecule has 0 aromatic heterocycles. The van der Waals surface area contributed by atoms with Crippen LogP contribution in [0.1, 0.15) is 11.1 Å². The topological polar surface area (TPSA) is 81.7 Å². The van der Waals surface area contributed by atoms with Gasteiger partial charge < -0.3 is 0 Å². The Morgan fingerprint density at radius 3 is 2.50 bits per heavy atom. The molecular weight excluding hydrogens is 316 g/mol. The highest BCUT2D eigenvalue weighted by atomic mass is 32.2. The lowest BCUT2D eigenvalue weighted by Crippen LogP contribution is -2.09. The van der Waals surface area contributed by atoms with Gasteiger partial charge in [-0.25, -0.2) is 8.42 Å². The second-order valence-electron chi connectivity index (χ2n) is 4.41. The minimum Gasteiger partial charge on any atom is -0.224 e. The zero-order chi connectivity index (χ0) is 16.0. The molecule has 0 aliphatic heterocycles. The summed E-state index contributed by atoms with van der Waals surface area (Å²) in [4.78, 5) is 0.923. The molecule has 2 aromatic carbocycles. The molecular formula is C16H12N2O2S2. The van der Waals surface area contributed by atoms with Crippen LogP contribution in [0.25, 0.3) is 0 Å². The van der Waals surface area contributed by atoms with Crippen molar-refractivity contribution in [2.75, 3.05) is 11.5 Å². The Morgan fingerprint density at radius 2 is 1.77 bits per heavy atom. The van der Waals surface area contributed by atoms with Crippen molar-refractivity contribution in [2.45, 2.75) is 9.79 Å². The van der Waals surface area contributed by atoms with Crippen LogP contribution in [0.2, 0.25) is 0 Å². The third-order valence-electron chi connectivity index (χ3n) is 2.94. The van der Waals surface area contributed by atoms with Crippen LogP contribution < -0.4 is 0 Å². The molecule has 0 aliphatic rings. The van der Waals surface area contributed by atoms with E-state index in [0.29, 0.717) is 16.9 Å². The van der Waals surface area contributed by atoms with Gasteiger partial charge in [0, 0.05) is 10.6 Å². The zero-order valence-corrected chi connectivity index (χ0v) is 13.2. The Morgan fingerprint density at radius 1 is 1.00 bits per heavy atom. The molecule has 6 heteroatoms. The van der Waals surface area contributed by atoms with E-state index < -0.39 is 9.84 Å². The number of hydrogen-bond donors (Lipinski definition) is 0. The summed E-state index contributed by atoms with van der Waals surface area (Å²) in [6.07, 6.45) is 0. The minimum atomic E-state index is -3.44. The molecule has 110 valence electrons. The highest BCUT2D eigenvalue weighted by Gasteiger charge is 2.15. The number of rotatable bonds is 5. The van der Waals surface area contributed by atoms with E-state index in [2.05, 4.69) is 6.07 Å². The number of benzene rings is 2. The summed E-state index contributed by atoms with van der Waals surface area (Å²) in [5.74, 6) is 0.296. The molecule has 0 N–H and O–H groups in total. The number of thioether (sulfide) groups is 1. The lowest BCUT2D eigenvalue weighted by molar-refractivity contribution is 0.597. The fraction of sp³-hybridized carbons (Fsp3) is 0.125. The van der Waals surface area contributed by atoms with Crippen molar-refractivity contribution in [1.82, 2.24) is 0 Å². The number of hydrogen-bond acceptors (Lipinski definition) is 5. The molecule has 0 bridgehead atoms. The molecule has 2 rings (SSSR count). The highest BCUT2D eigenvalue weighted by Crippen LogP contribution is 2.23. The van der Waals surface area contributed by atoms with Gasteiger partial charge in [0.25, 0.3) is 0 Å². The van der Waals surface area contributed by atoms with Gasteiger partial charge in [0.2, 0.25) is 0 Å². The molecule has 0 spiro atoms. The van der Waals surface area contributed by atoms with Crippen LogP contribution in [-0.4, -0.2) is 19.9 Å². The van der Waals surface area contributed by atoms with Gasteiger partial charge in [-0.2, -0.15) is 10.5 Å². The van der Waals surface area contributed by atoms with E-state index in [9.17, 15) is 8.42 Å². The van der Waals surface area contributed by atoms with Crippen molar-refractivity contribution in [3.63, 3.8) is 0 Å². The van der Waals surface area contributed by atoms with E-state index in [0.717, 1.165) is 4.90 Å². The van der Waals surface area contributed by atoms with Crippen LogP contribution in [-0.2, 0) is 9.84 Å². The van der Waals surface area contributed by atoms with E-state index in [1.165, 1.54) is 23.9 Å². The average Bonchev–Trinajstić information content (AvgIpc) is 2.55. The van der Waals surface area contributed by atoms with E-state index in [1.54, 1.807) is 30.3 Å². The average molecular weight is 328 g/mol. The molecule has 0 amide bonds. The van der Waals surface area contributed by atoms with Gasteiger partial charge in [-0.15, -0.1) is 11.8 Å². The molecule has 4 nitrogen and oxygen atoms in total. The fourth-order valence-corrected chi connectivity index (χ4v) is 4.53. The van der Waals surface area contributed by atoms with Gasteiger partial charge in [-0.1, -0.05) is 18.2 Å². The first-order chi connectivity index (χ1) is 10.6. The first-order valence-electron chi connectivity index (χ1n) is 6.41. The molecule has 22 heavy (non-hydrogen) atoms. The molecule has 0 radical (unpaired) electrons. The van der Waals surface area contributed by atoms with Crippen LogP contribution >= 0.6 is 11.8 Å². The predicted octanol–water partition coefficient (Wildman–Crippen LogP) is 3.00. The predicted molar refractivity (Wildman–Crippen MR) is 85.1 cm³/mol. The van der Waals surface area contributed by atoms with Crippen molar-refractivity contribution in [3.05, 3.63) is 59.7 Å². The van der Waals surface area contributed by atoms with Crippen molar-refractivity contribution in [3.8, 4) is 12.1 Å². The molecule has 0 aliphatic carbocycles. The largest absolute Gasteiger partial charge is 0.224 e. The second kappa shape index (κ2) is 7.13. The number of nitriles is 2. The normalized spacial score (nSPS) is 10.6. The van der Waals surface area contributed by atoms with Gasteiger partial charge >= 0.3 is 0 Å². The molecule has 0 fully saturated rings. The molecule has 0 unspecified atom stereocenters. The molecule has 0 saturated carbocycles. The van der Waals surface area contributed by atoms with E-state index in [-0.39, 0.29) is 10.6 Å². The summed E-state index contributed by atoms with van der Waals surface area (Å²) >= 11 is 1.34. The van der Waals surface area contributed by atoms with Crippen molar-refractivity contribution < 1.29 is 8.42 Å². The quantitative estimate of drug-likeness (QED) is 0.788. The minimum absolute atomic E-state index is 0.0493. The summed E-state index contributed by atoms with van der Waals surface area (Å²) in [5, 5.41) is 17.8. The molecule has 2 aromatic rings. The first kappa shape index (κ1) is 16.1. The summed E-state index contributed by atoms with van der Waals surface area (Å²) in [7, 11) is -3.44. The van der Waals surface area contributed by atoms with Crippen molar-refractivity contribution in [1.29, 1.82) is 10.5 Å². The Balaban J connectivity index is 2.07. The summed E-state index contributed by atoms with van der Waals surface area (Å²) in [5.41, 5.74) is 0.861. The third kappa shape index (κ3) is 3.88. The molecule has 0 heterocycles.